The summed E-state index contributed by atoms with van der Waals surface area (Å²) >= 11 is 0. The number of hydrogen-bond acceptors (Lipinski definition) is 7. The Morgan fingerprint density at radius 1 is 1.27 bits per heavy atom. The quantitative estimate of drug-likeness (QED) is 0.414. The summed E-state index contributed by atoms with van der Waals surface area (Å²) in [6, 6.07) is -0.802. The van der Waals surface area contributed by atoms with E-state index in [1.165, 1.54) is 24.3 Å². The molecule has 0 spiro atoms. The molecule has 0 saturated heterocycles. The van der Waals surface area contributed by atoms with E-state index in [2.05, 4.69) is 25.6 Å². The highest BCUT2D eigenvalue weighted by atomic mass is 19.1. The topological polar surface area (TPSA) is 108 Å². The summed E-state index contributed by atoms with van der Waals surface area (Å²) in [6.45, 7) is 5.26. The van der Waals surface area contributed by atoms with Crippen molar-refractivity contribution < 1.29 is 19.0 Å². The summed E-state index contributed by atoms with van der Waals surface area (Å²) in [6.07, 6.45) is 9.43. The van der Waals surface area contributed by atoms with E-state index in [1.54, 1.807) is 13.1 Å². The van der Waals surface area contributed by atoms with Gasteiger partial charge in [-0.05, 0) is 52.5 Å². The molecule has 10 heteroatoms. The molecular formula is C23H32F2N6O2. The standard InChI is InChI=1S/C23H32F2N6O2/c1-4-17(25)18(7-5-6-12-24)28-22-29-19-13-26-21(27-15(2)3)30-20(19)31(22)16-8-10-23(33,14-32)11-9-16/h4-7,12-13,15-16,18,32-33H,8-11,14H2,1-3H3,(H,28,29)(H,26,27,30)/b7-5?,12-6+,17-4+. The van der Waals surface area contributed by atoms with Crippen LogP contribution in [0.15, 0.2) is 42.7 Å². The van der Waals surface area contributed by atoms with Gasteiger partial charge in [0.25, 0.3) is 0 Å². The Morgan fingerprint density at radius 3 is 2.61 bits per heavy atom. The summed E-state index contributed by atoms with van der Waals surface area (Å²) in [5.41, 5.74) is 0.0327. The second-order valence-corrected chi connectivity index (χ2v) is 8.62. The van der Waals surface area contributed by atoms with Crippen LogP contribution in [0.4, 0.5) is 20.7 Å². The van der Waals surface area contributed by atoms with Gasteiger partial charge >= 0.3 is 0 Å². The van der Waals surface area contributed by atoms with Crippen LogP contribution in [-0.2, 0) is 0 Å². The molecule has 180 valence electrons. The minimum absolute atomic E-state index is 0.0739. The second-order valence-electron chi connectivity index (χ2n) is 8.62. The Morgan fingerprint density at radius 2 is 2.00 bits per heavy atom. The van der Waals surface area contributed by atoms with Crippen LogP contribution in [0.3, 0.4) is 0 Å². The summed E-state index contributed by atoms with van der Waals surface area (Å²) < 4.78 is 28.9. The van der Waals surface area contributed by atoms with Gasteiger partial charge in [-0.15, -0.1) is 0 Å². The summed E-state index contributed by atoms with van der Waals surface area (Å²) in [5, 5.41) is 26.3. The number of aromatic nitrogens is 4. The molecule has 4 N–H and O–H groups in total. The average molecular weight is 463 g/mol. The third-order valence-corrected chi connectivity index (χ3v) is 5.74. The van der Waals surface area contributed by atoms with Crippen molar-refractivity contribution in [2.24, 2.45) is 0 Å². The van der Waals surface area contributed by atoms with Gasteiger partial charge in [-0.25, -0.2) is 18.7 Å². The first kappa shape index (κ1) is 24.8. The van der Waals surface area contributed by atoms with Gasteiger partial charge in [-0.3, -0.25) is 4.57 Å². The zero-order valence-corrected chi connectivity index (χ0v) is 19.2. The van der Waals surface area contributed by atoms with Crippen LogP contribution in [0.5, 0.6) is 0 Å². The van der Waals surface area contributed by atoms with Crippen LogP contribution in [0.2, 0.25) is 0 Å². The molecule has 2 aromatic heterocycles. The summed E-state index contributed by atoms with van der Waals surface area (Å²) in [4.78, 5) is 13.6. The maximum atomic E-state index is 14.6. The van der Waals surface area contributed by atoms with Crippen molar-refractivity contribution in [3.8, 4) is 0 Å². The molecule has 1 aliphatic carbocycles. The lowest BCUT2D eigenvalue weighted by molar-refractivity contribution is -0.0498. The van der Waals surface area contributed by atoms with Crippen molar-refractivity contribution in [3.05, 3.63) is 42.7 Å². The van der Waals surface area contributed by atoms with E-state index < -0.39 is 17.5 Å². The number of aliphatic hydroxyl groups is 2. The number of halogens is 2. The molecule has 2 heterocycles. The van der Waals surface area contributed by atoms with Gasteiger partial charge in [0, 0.05) is 12.1 Å². The van der Waals surface area contributed by atoms with Gasteiger partial charge in [0.1, 0.15) is 11.3 Å². The Bertz CT molecular complexity index is 1030. The number of nitrogens with zero attached hydrogens (tertiary/aromatic N) is 4. The van der Waals surface area contributed by atoms with Crippen molar-refractivity contribution in [2.45, 2.75) is 70.2 Å². The van der Waals surface area contributed by atoms with E-state index in [0.717, 1.165) is 0 Å². The Balaban J connectivity index is 2.04. The molecule has 2 aromatic rings. The predicted octanol–water partition coefficient (Wildman–Crippen LogP) is 4.18. The zero-order chi connectivity index (χ0) is 24.0. The van der Waals surface area contributed by atoms with E-state index in [1.807, 2.05) is 18.4 Å². The van der Waals surface area contributed by atoms with Gasteiger partial charge in [0.05, 0.1) is 30.8 Å². The van der Waals surface area contributed by atoms with Gasteiger partial charge in [-0.1, -0.05) is 18.2 Å². The highest BCUT2D eigenvalue weighted by molar-refractivity contribution is 5.75. The number of nitrogens with one attached hydrogen (secondary N) is 2. The lowest BCUT2D eigenvalue weighted by Gasteiger charge is -2.35. The highest BCUT2D eigenvalue weighted by Gasteiger charge is 2.35. The number of fused-ring (bicyclic) bond motifs is 1. The molecule has 0 radical (unpaired) electrons. The minimum Gasteiger partial charge on any atom is -0.393 e. The second kappa shape index (κ2) is 10.8. The molecule has 0 amide bonds. The third-order valence-electron chi connectivity index (χ3n) is 5.74. The normalized spacial score (nSPS) is 23.2. The monoisotopic (exact) mass is 462 g/mol. The first-order valence-corrected chi connectivity index (χ1v) is 11.2. The maximum absolute atomic E-state index is 14.6. The molecule has 1 fully saturated rings. The first-order chi connectivity index (χ1) is 15.8. The molecule has 0 aliphatic heterocycles. The Kier molecular flexibility index (Phi) is 8.15. The molecule has 3 rings (SSSR count). The highest BCUT2D eigenvalue weighted by Crippen LogP contribution is 2.38. The molecule has 0 aromatic carbocycles. The van der Waals surface area contributed by atoms with Gasteiger partial charge in [0.2, 0.25) is 11.9 Å². The van der Waals surface area contributed by atoms with Gasteiger partial charge < -0.3 is 20.8 Å². The van der Waals surface area contributed by atoms with E-state index in [0.29, 0.717) is 55.1 Å². The Labute approximate surface area is 192 Å². The number of anilines is 2. The van der Waals surface area contributed by atoms with Crippen LogP contribution in [0, 0.1) is 0 Å². The summed E-state index contributed by atoms with van der Waals surface area (Å²) in [5.74, 6) is 0.414. The number of imidazole rings is 1. The van der Waals surface area contributed by atoms with Crippen LogP contribution < -0.4 is 10.6 Å². The van der Waals surface area contributed by atoms with Crippen LogP contribution in [0.1, 0.15) is 52.5 Å². The number of allylic oxidation sites excluding steroid dienone is 3. The molecule has 1 saturated carbocycles. The number of aliphatic hydroxyl groups excluding tert-OH is 1. The molecular weight excluding hydrogens is 430 g/mol. The lowest BCUT2D eigenvalue weighted by Crippen LogP contribution is -2.38. The van der Waals surface area contributed by atoms with Gasteiger partial charge in [0.15, 0.2) is 5.65 Å². The number of rotatable bonds is 9. The molecule has 1 aliphatic rings. The Hall–Kier alpha value is -2.85. The van der Waals surface area contributed by atoms with E-state index >= 15 is 0 Å². The van der Waals surface area contributed by atoms with Crippen molar-refractivity contribution in [1.29, 1.82) is 0 Å². The molecule has 1 unspecified atom stereocenters. The smallest absolute Gasteiger partial charge is 0.224 e. The predicted molar refractivity (Wildman–Crippen MR) is 125 cm³/mol. The molecule has 8 nitrogen and oxygen atoms in total. The van der Waals surface area contributed by atoms with Crippen molar-refractivity contribution in [1.82, 2.24) is 19.5 Å². The van der Waals surface area contributed by atoms with Crippen LogP contribution in [0.25, 0.3) is 11.2 Å². The fourth-order valence-corrected chi connectivity index (χ4v) is 3.97. The summed E-state index contributed by atoms with van der Waals surface area (Å²) in [7, 11) is 0. The molecule has 33 heavy (non-hydrogen) atoms. The SMILES string of the molecule is C/C=C(/F)C(C=C/C=C/F)Nc1nc2cnc(NC(C)C)nc2n1C1CCC(O)(CO)CC1. The minimum atomic E-state index is -1.10. The largest absolute Gasteiger partial charge is 0.393 e. The van der Waals surface area contributed by atoms with Gasteiger partial charge in [-0.2, -0.15) is 4.98 Å². The molecule has 0 bridgehead atoms. The fraction of sp³-hybridized carbons (Fsp3) is 0.522. The van der Waals surface area contributed by atoms with E-state index in [4.69, 9.17) is 0 Å². The average Bonchev–Trinajstić information content (AvgIpc) is 3.15. The lowest BCUT2D eigenvalue weighted by atomic mass is 9.82. The fourth-order valence-electron chi connectivity index (χ4n) is 3.97. The first-order valence-electron chi connectivity index (χ1n) is 11.2. The van der Waals surface area contributed by atoms with E-state index in [-0.39, 0.29) is 18.7 Å². The van der Waals surface area contributed by atoms with Crippen molar-refractivity contribution in [3.63, 3.8) is 0 Å². The number of hydrogen-bond donors (Lipinski definition) is 4. The molecule has 1 atom stereocenters. The third kappa shape index (κ3) is 5.94. The zero-order valence-electron chi connectivity index (χ0n) is 19.2. The van der Waals surface area contributed by atoms with E-state index in [9.17, 15) is 19.0 Å². The maximum Gasteiger partial charge on any atom is 0.224 e. The van der Waals surface area contributed by atoms with Crippen LogP contribution >= 0.6 is 0 Å². The van der Waals surface area contributed by atoms with Crippen LogP contribution in [-0.4, -0.2) is 54.0 Å². The van der Waals surface area contributed by atoms with Crippen molar-refractivity contribution >= 4 is 23.1 Å². The van der Waals surface area contributed by atoms with Crippen molar-refractivity contribution in [2.75, 3.05) is 17.2 Å².